The van der Waals surface area contributed by atoms with E-state index in [0.717, 1.165) is 66.6 Å². The van der Waals surface area contributed by atoms with Crippen molar-refractivity contribution in [2.24, 2.45) is 0 Å². The van der Waals surface area contributed by atoms with Crippen LogP contribution in [0.4, 0.5) is 17.3 Å². The highest BCUT2D eigenvalue weighted by Crippen LogP contribution is 2.34. The van der Waals surface area contributed by atoms with Crippen LogP contribution in [-0.4, -0.2) is 66.5 Å². The van der Waals surface area contributed by atoms with Gasteiger partial charge in [-0.25, -0.2) is 9.97 Å². The molecule has 1 aliphatic carbocycles. The molecule has 8 heteroatoms. The first kappa shape index (κ1) is 27.6. The number of nitrogens with zero attached hydrogens (tertiary/aromatic N) is 4. The standard InChI is InChI=1S/C32H41N7O/c1-5-40-29-20-25(39-17-15-38(16-18-39)22(2)3)12-14-27(29)36-32-35-21-24-11-13-26(33)30(31(24)37-32)28(34-4)19-23-9-7-6-8-10-23/h6-10,12,14,20-22,33-34H,5,11,13,15-19H2,1-4H3,(H,35,36,37)/b30-28+,33-26?. The molecule has 3 N–H and O–H groups in total. The summed E-state index contributed by atoms with van der Waals surface area (Å²) in [4.78, 5) is 14.5. The Morgan fingerprint density at radius 3 is 2.52 bits per heavy atom. The molecule has 0 saturated carbocycles. The van der Waals surface area contributed by atoms with Crippen LogP contribution >= 0.6 is 0 Å². The van der Waals surface area contributed by atoms with Gasteiger partial charge in [0.05, 0.1) is 18.0 Å². The number of likely N-dealkylation sites (N-methyl/N-ethyl adjacent to an activating group) is 1. The quantitative estimate of drug-likeness (QED) is 0.341. The van der Waals surface area contributed by atoms with Gasteiger partial charge in [0.1, 0.15) is 5.75 Å². The summed E-state index contributed by atoms with van der Waals surface area (Å²) in [7, 11) is 1.92. The molecule has 8 nitrogen and oxygen atoms in total. The number of ether oxygens (including phenoxy) is 1. The molecule has 2 aliphatic rings. The van der Waals surface area contributed by atoms with E-state index in [2.05, 4.69) is 69.6 Å². The molecule has 1 aliphatic heterocycles. The number of fused-ring (bicyclic) bond motifs is 1. The molecule has 40 heavy (non-hydrogen) atoms. The monoisotopic (exact) mass is 539 g/mol. The molecule has 1 fully saturated rings. The molecule has 2 aromatic carbocycles. The zero-order chi connectivity index (χ0) is 28.1. The summed E-state index contributed by atoms with van der Waals surface area (Å²) >= 11 is 0. The maximum Gasteiger partial charge on any atom is 0.227 e. The van der Waals surface area contributed by atoms with Gasteiger partial charge in [0, 0.05) is 80.6 Å². The van der Waals surface area contributed by atoms with Crippen molar-refractivity contribution >= 4 is 28.6 Å². The molecule has 1 aromatic heterocycles. The van der Waals surface area contributed by atoms with Gasteiger partial charge in [0.25, 0.3) is 0 Å². The number of piperazine rings is 1. The lowest BCUT2D eigenvalue weighted by atomic mass is 9.88. The molecule has 0 bridgehead atoms. The molecule has 0 spiro atoms. The van der Waals surface area contributed by atoms with Crippen LogP contribution in [0.25, 0.3) is 5.57 Å². The van der Waals surface area contributed by atoms with Gasteiger partial charge in [0.2, 0.25) is 5.95 Å². The van der Waals surface area contributed by atoms with E-state index in [1.807, 2.05) is 38.4 Å². The molecule has 0 amide bonds. The molecule has 2 heterocycles. The Bertz CT molecular complexity index is 1360. The number of aryl methyl sites for hydroxylation is 1. The average Bonchev–Trinajstić information content (AvgIpc) is 2.98. The largest absolute Gasteiger partial charge is 0.492 e. The first-order valence-corrected chi connectivity index (χ1v) is 14.4. The normalized spacial score (nSPS) is 17.0. The van der Waals surface area contributed by atoms with E-state index in [9.17, 15) is 0 Å². The number of aromatic nitrogens is 2. The summed E-state index contributed by atoms with van der Waals surface area (Å²) in [6.45, 7) is 11.2. The van der Waals surface area contributed by atoms with Crippen LogP contribution in [-0.2, 0) is 12.8 Å². The van der Waals surface area contributed by atoms with Gasteiger partial charge in [0.15, 0.2) is 0 Å². The first-order valence-electron chi connectivity index (χ1n) is 14.4. The topological polar surface area (TPSA) is 89.4 Å². The van der Waals surface area contributed by atoms with Crippen LogP contribution in [0.5, 0.6) is 5.75 Å². The summed E-state index contributed by atoms with van der Waals surface area (Å²) in [5.74, 6) is 1.29. The number of benzene rings is 2. The molecule has 0 atom stereocenters. The zero-order valence-electron chi connectivity index (χ0n) is 24.1. The summed E-state index contributed by atoms with van der Waals surface area (Å²) in [5.41, 5.74) is 7.57. The van der Waals surface area contributed by atoms with E-state index in [0.29, 0.717) is 37.2 Å². The number of hydrogen-bond acceptors (Lipinski definition) is 8. The molecule has 1 saturated heterocycles. The van der Waals surface area contributed by atoms with Crippen LogP contribution in [0.3, 0.4) is 0 Å². The number of allylic oxidation sites excluding steroid dienone is 2. The van der Waals surface area contributed by atoms with Gasteiger partial charge in [-0.1, -0.05) is 30.3 Å². The van der Waals surface area contributed by atoms with Gasteiger partial charge in [-0.15, -0.1) is 0 Å². The summed E-state index contributed by atoms with van der Waals surface area (Å²) < 4.78 is 6.06. The molecule has 5 rings (SSSR count). The first-order chi connectivity index (χ1) is 19.5. The van der Waals surface area contributed by atoms with Crippen molar-refractivity contribution in [1.82, 2.24) is 20.2 Å². The Labute approximate surface area is 238 Å². The Hall–Kier alpha value is -3.91. The van der Waals surface area contributed by atoms with Crippen molar-refractivity contribution in [3.63, 3.8) is 0 Å². The fourth-order valence-electron chi connectivity index (χ4n) is 5.52. The highest BCUT2D eigenvalue weighted by molar-refractivity contribution is 6.24. The smallest absolute Gasteiger partial charge is 0.227 e. The van der Waals surface area contributed by atoms with E-state index >= 15 is 0 Å². The highest BCUT2D eigenvalue weighted by Gasteiger charge is 2.25. The number of anilines is 3. The average molecular weight is 540 g/mol. The van der Waals surface area contributed by atoms with Crippen molar-refractivity contribution in [3.8, 4) is 5.75 Å². The second-order valence-corrected chi connectivity index (χ2v) is 10.7. The van der Waals surface area contributed by atoms with Crippen molar-refractivity contribution in [1.29, 1.82) is 5.41 Å². The second-order valence-electron chi connectivity index (χ2n) is 10.7. The summed E-state index contributed by atoms with van der Waals surface area (Å²) in [6.07, 6.45) is 4.06. The lowest BCUT2D eigenvalue weighted by molar-refractivity contribution is 0.209. The van der Waals surface area contributed by atoms with E-state index < -0.39 is 0 Å². The summed E-state index contributed by atoms with van der Waals surface area (Å²) in [5, 5.41) is 15.6. The Balaban J connectivity index is 1.42. The molecule has 0 unspecified atom stereocenters. The predicted molar refractivity (Wildman–Crippen MR) is 164 cm³/mol. The molecular weight excluding hydrogens is 498 g/mol. The third kappa shape index (κ3) is 6.12. The Morgan fingerprint density at radius 2 is 1.82 bits per heavy atom. The van der Waals surface area contributed by atoms with Crippen molar-refractivity contribution in [3.05, 3.63) is 77.2 Å². The van der Waals surface area contributed by atoms with Gasteiger partial charge < -0.3 is 25.7 Å². The van der Waals surface area contributed by atoms with Crippen LogP contribution < -0.4 is 20.3 Å². The van der Waals surface area contributed by atoms with Gasteiger partial charge in [-0.3, -0.25) is 4.90 Å². The minimum atomic E-state index is 0.500. The predicted octanol–water partition coefficient (Wildman–Crippen LogP) is 5.29. The Kier molecular flexibility index (Phi) is 8.65. The molecule has 210 valence electrons. The van der Waals surface area contributed by atoms with Crippen LogP contribution in [0.2, 0.25) is 0 Å². The Morgan fingerprint density at radius 1 is 1.05 bits per heavy atom. The minimum absolute atomic E-state index is 0.500. The third-order valence-corrected chi connectivity index (χ3v) is 7.80. The van der Waals surface area contributed by atoms with Gasteiger partial charge in [-0.2, -0.15) is 0 Å². The maximum atomic E-state index is 8.81. The SMILES string of the molecule is CCOc1cc(N2CCN(C(C)C)CC2)ccc1Nc1ncc2c(n1)/C(=C(\Cc1ccccc1)NC)C(=N)CC2. The number of rotatable bonds is 9. The fourth-order valence-corrected chi connectivity index (χ4v) is 5.52. The zero-order valence-corrected chi connectivity index (χ0v) is 24.1. The van der Waals surface area contributed by atoms with E-state index in [1.54, 1.807) is 0 Å². The minimum Gasteiger partial charge on any atom is -0.492 e. The molecular formula is C32H41N7O. The lowest BCUT2D eigenvalue weighted by Crippen LogP contribution is -2.48. The van der Waals surface area contributed by atoms with Crippen molar-refractivity contribution < 1.29 is 4.74 Å². The number of nitrogens with one attached hydrogen (secondary N) is 3. The van der Waals surface area contributed by atoms with Crippen molar-refractivity contribution in [2.75, 3.05) is 50.1 Å². The van der Waals surface area contributed by atoms with E-state index in [-0.39, 0.29) is 0 Å². The third-order valence-electron chi connectivity index (χ3n) is 7.80. The fraction of sp³-hybridized carbons (Fsp3) is 0.406. The second kappa shape index (κ2) is 12.5. The van der Waals surface area contributed by atoms with Crippen LogP contribution in [0.15, 0.2) is 60.4 Å². The molecule has 0 radical (unpaired) electrons. The van der Waals surface area contributed by atoms with Crippen LogP contribution in [0, 0.1) is 5.41 Å². The van der Waals surface area contributed by atoms with Gasteiger partial charge in [-0.05, 0) is 56.9 Å². The van der Waals surface area contributed by atoms with Crippen LogP contribution in [0.1, 0.15) is 44.0 Å². The van der Waals surface area contributed by atoms with Crippen molar-refractivity contribution in [2.45, 2.75) is 46.1 Å². The molecule has 3 aromatic rings. The number of hydrogen-bond donors (Lipinski definition) is 3. The highest BCUT2D eigenvalue weighted by atomic mass is 16.5. The van der Waals surface area contributed by atoms with E-state index in [4.69, 9.17) is 15.1 Å². The maximum absolute atomic E-state index is 8.81. The van der Waals surface area contributed by atoms with E-state index in [1.165, 1.54) is 11.3 Å². The lowest BCUT2D eigenvalue weighted by Gasteiger charge is -2.38. The van der Waals surface area contributed by atoms with Gasteiger partial charge >= 0.3 is 0 Å². The summed E-state index contributed by atoms with van der Waals surface area (Å²) in [6, 6.07) is 17.2.